The standard InChI is InChI=1S/C11H21NO/c1-9-4-5-10(7-9)12-8-11-3-2-6-13-11/h9-12H,2-8H2,1H3/t9-,10-,11+/m1/s1. The topological polar surface area (TPSA) is 21.3 Å². The third-order valence-electron chi connectivity index (χ3n) is 3.35. The van der Waals surface area contributed by atoms with Gasteiger partial charge in [0.1, 0.15) is 0 Å². The molecule has 0 aromatic heterocycles. The van der Waals surface area contributed by atoms with Crippen LogP contribution < -0.4 is 5.32 Å². The van der Waals surface area contributed by atoms with Crippen LogP contribution in [-0.2, 0) is 4.74 Å². The van der Waals surface area contributed by atoms with Crippen LogP contribution in [0.5, 0.6) is 0 Å². The number of nitrogens with one attached hydrogen (secondary N) is 1. The molecule has 76 valence electrons. The fraction of sp³-hybridized carbons (Fsp3) is 1.00. The molecule has 2 aliphatic rings. The maximum Gasteiger partial charge on any atom is 0.0700 e. The number of hydrogen-bond donors (Lipinski definition) is 1. The second kappa shape index (κ2) is 4.43. The molecule has 13 heavy (non-hydrogen) atoms. The van der Waals surface area contributed by atoms with E-state index in [0.29, 0.717) is 6.10 Å². The first-order chi connectivity index (χ1) is 6.34. The van der Waals surface area contributed by atoms with Crippen LogP contribution in [-0.4, -0.2) is 25.3 Å². The molecule has 0 amide bonds. The molecular weight excluding hydrogens is 162 g/mol. The monoisotopic (exact) mass is 183 g/mol. The fourth-order valence-corrected chi connectivity index (χ4v) is 2.50. The van der Waals surface area contributed by atoms with Crippen LogP contribution in [0.3, 0.4) is 0 Å². The molecule has 2 rings (SSSR count). The highest BCUT2D eigenvalue weighted by atomic mass is 16.5. The van der Waals surface area contributed by atoms with Crippen molar-refractivity contribution in [2.45, 2.75) is 51.2 Å². The van der Waals surface area contributed by atoms with E-state index >= 15 is 0 Å². The van der Waals surface area contributed by atoms with E-state index in [1.165, 1.54) is 32.1 Å². The Bertz CT molecular complexity index is 154. The van der Waals surface area contributed by atoms with Crippen molar-refractivity contribution in [3.05, 3.63) is 0 Å². The second-order valence-corrected chi connectivity index (χ2v) is 4.66. The normalized spacial score (nSPS) is 39.9. The molecule has 1 N–H and O–H groups in total. The molecule has 1 saturated carbocycles. The summed E-state index contributed by atoms with van der Waals surface area (Å²) in [5.41, 5.74) is 0. The molecule has 1 heterocycles. The van der Waals surface area contributed by atoms with Gasteiger partial charge in [-0.05, 0) is 38.0 Å². The zero-order valence-corrected chi connectivity index (χ0v) is 8.59. The Morgan fingerprint density at radius 3 is 2.85 bits per heavy atom. The maximum atomic E-state index is 5.58. The molecule has 1 aliphatic heterocycles. The molecule has 0 aromatic rings. The summed E-state index contributed by atoms with van der Waals surface area (Å²) in [5, 5.41) is 3.63. The van der Waals surface area contributed by atoms with Gasteiger partial charge >= 0.3 is 0 Å². The molecular formula is C11H21NO. The summed E-state index contributed by atoms with van der Waals surface area (Å²) in [4.78, 5) is 0. The van der Waals surface area contributed by atoms with Crippen LogP contribution in [0.1, 0.15) is 39.0 Å². The van der Waals surface area contributed by atoms with Gasteiger partial charge in [0.25, 0.3) is 0 Å². The smallest absolute Gasteiger partial charge is 0.0700 e. The molecule has 2 nitrogen and oxygen atoms in total. The Kier molecular flexibility index (Phi) is 3.23. The molecule has 3 atom stereocenters. The van der Waals surface area contributed by atoms with E-state index in [0.717, 1.165) is 25.1 Å². The average molecular weight is 183 g/mol. The summed E-state index contributed by atoms with van der Waals surface area (Å²) in [5.74, 6) is 0.932. The molecule has 0 bridgehead atoms. The number of hydrogen-bond acceptors (Lipinski definition) is 2. The molecule has 0 aromatic carbocycles. The molecule has 2 heteroatoms. The lowest BCUT2D eigenvalue weighted by Gasteiger charge is -2.15. The quantitative estimate of drug-likeness (QED) is 0.722. The van der Waals surface area contributed by atoms with Gasteiger partial charge in [0.05, 0.1) is 6.10 Å². The van der Waals surface area contributed by atoms with Crippen molar-refractivity contribution in [1.82, 2.24) is 5.32 Å². The third kappa shape index (κ3) is 2.68. The van der Waals surface area contributed by atoms with Crippen LogP contribution in [0.15, 0.2) is 0 Å². The van der Waals surface area contributed by atoms with Crippen molar-refractivity contribution in [3.8, 4) is 0 Å². The summed E-state index contributed by atoms with van der Waals surface area (Å²) in [6.45, 7) is 4.42. The Hall–Kier alpha value is -0.0800. The van der Waals surface area contributed by atoms with E-state index < -0.39 is 0 Å². The van der Waals surface area contributed by atoms with Gasteiger partial charge in [-0.2, -0.15) is 0 Å². The molecule has 0 radical (unpaired) electrons. The summed E-state index contributed by atoms with van der Waals surface area (Å²) in [6.07, 6.45) is 7.17. The van der Waals surface area contributed by atoms with E-state index in [9.17, 15) is 0 Å². The Morgan fingerprint density at radius 1 is 1.31 bits per heavy atom. The predicted molar refractivity (Wildman–Crippen MR) is 53.8 cm³/mol. The number of rotatable bonds is 3. The summed E-state index contributed by atoms with van der Waals surface area (Å²) < 4.78 is 5.58. The lowest BCUT2D eigenvalue weighted by Crippen LogP contribution is -2.33. The largest absolute Gasteiger partial charge is 0.377 e. The number of ether oxygens (including phenoxy) is 1. The average Bonchev–Trinajstić information content (AvgIpc) is 2.71. The van der Waals surface area contributed by atoms with Crippen LogP contribution in [0.2, 0.25) is 0 Å². The van der Waals surface area contributed by atoms with Gasteiger partial charge in [0, 0.05) is 19.2 Å². The van der Waals surface area contributed by atoms with Crippen molar-refractivity contribution in [1.29, 1.82) is 0 Å². The van der Waals surface area contributed by atoms with Crippen LogP contribution >= 0.6 is 0 Å². The SMILES string of the molecule is C[C@@H]1CC[C@@H](NC[C@@H]2CCCO2)C1. The van der Waals surface area contributed by atoms with Crippen LogP contribution in [0.4, 0.5) is 0 Å². The van der Waals surface area contributed by atoms with Gasteiger partial charge in [-0.25, -0.2) is 0 Å². The van der Waals surface area contributed by atoms with Crippen LogP contribution in [0.25, 0.3) is 0 Å². The minimum absolute atomic E-state index is 0.510. The minimum atomic E-state index is 0.510. The van der Waals surface area contributed by atoms with Crippen molar-refractivity contribution in [2.75, 3.05) is 13.2 Å². The van der Waals surface area contributed by atoms with E-state index in [4.69, 9.17) is 4.74 Å². The van der Waals surface area contributed by atoms with Gasteiger partial charge in [-0.15, -0.1) is 0 Å². The van der Waals surface area contributed by atoms with Crippen molar-refractivity contribution in [2.24, 2.45) is 5.92 Å². The highest BCUT2D eigenvalue weighted by Crippen LogP contribution is 2.24. The van der Waals surface area contributed by atoms with Crippen molar-refractivity contribution in [3.63, 3.8) is 0 Å². The van der Waals surface area contributed by atoms with Crippen molar-refractivity contribution >= 4 is 0 Å². The first-order valence-corrected chi connectivity index (χ1v) is 5.69. The summed E-state index contributed by atoms with van der Waals surface area (Å²) >= 11 is 0. The summed E-state index contributed by atoms with van der Waals surface area (Å²) in [6, 6.07) is 0.777. The zero-order valence-electron chi connectivity index (χ0n) is 8.59. The van der Waals surface area contributed by atoms with Gasteiger partial charge in [0.15, 0.2) is 0 Å². The van der Waals surface area contributed by atoms with Crippen molar-refractivity contribution < 1.29 is 4.74 Å². The summed E-state index contributed by atoms with van der Waals surface area (Å²) in [7, 11) is 0. The highest BCUT2D eigenvalue weighted by molar-refractivity contribution is 4.80. The molecule has 0 spiro atoms. The Morgan fingerprint density at radius 2 is 2.23 bits per heavy atom. The highest BCUT2D eigenvalue weighted by Gasteiger charge is 2.22. The van der Waals surface area contributed by atoms with Crippen LogP contribution in [0, 0.1) is 5.92 Å². The fourth-order valence-electron chi connectivity index (χ4n) is 2.50. The first kappa shape index (κ1) is 9.47. The zero-order chi connectivity index (χ0) is 9.10. The third-order valence-corrected chi connectivity index (χ3v) is 3.35. The molecule has 1 saturated heterocycles. The van der Waals surface area contributed by atoms with Gasteiger partial charge < -0.3 is 10.1 Å². The first-order valence-electron chi connectivity index (χ1n) is 5.69. The second-order valence-electron chi connectivity index (χ2n) is 4.66. The molecule has 2 fully saturated rings. The lowest BCUT2D eigenvalue weighted by molar-refractivity contribution is 0.107. The lowest BCUT2D eigenvalue weighted by atomic mass is 10.1. The van der Waals surface area contributed by atoms with E-state index in [-0.39, 0.29) is 0 Å². The van der Waals surface area contributed by atoms with Gasteiger partial charge in [0.2, 0.25) is 0 Å². The van der Waals surface area contributed by atoms with E-state index in [1.54, 1.807) is 0 Å². The Labute approximate surface area is 81.0 Å². The minimum Gasteiger partial charge on any atom is -0.377 e. The maximum absolute atomic E-state index is 5.58. The van der Waals surface area contributed by atoms with Gasteiger partial charge in [-0.3, -0.25) is 0 Å². The van der Waals surface area contributed by atoms with Gasteiger partial charge in [-0.1, -0.05) is 6.92 Å². The van der Waals surface area contributed by atoms with E-state index in [2.05, 4.69) is 12.2 Å². The van der Waals surface area contributed by atoms with E-state index in [1.807, 2.05) is 0 Å². The Balaban J connectivity index is 1.62. The molecule has 1 aliphatic carbocycles. The predicted octanol–water partition coefficient (Wildman–Crippen LogP) is 1.94. The molecule has 0 unspecified atom stereocenters.